The SMILES string of the molecule is C=C(C)C(=O)OC.C=C(CC)C(=O)O.C=C(CC=C(C)C(=O)O)C(=O)OCC1CO1. The number of carboxylic acid groups (broad SMARTS) is 2. The van der Waals surface area contributed by atoms with Crippen LogP contribution in [0.5, 0.6) is 0 Å². The summed E-state index contributed by atoms with van der Waals surface area (Å²) in [5, 5.41) is 16.7. The van der Waals surface area contributed by atoms with E-state index in [9.17, 15) is 19.2 Å². The molecule has 0 amide bonds. The number of epoxide rings is 1. The minimum atomic E-state index is -1.01. The zero-order valence-electron chi connectivity index (χ0n) is 17.9. The van der Waals surface area contributed by atoms with Crippen LogP contribution in [0.4, 0.5) is 0 Å². The van der Waals surface area contributed by atoms with Gasteiger partial charge in [-0.05, 0) is 26.7 Å². The Kier molecular flexibility index (Phi) is 15.2. The molecule has 0 aromatic carbocycles. The van der Waals surface area contributed by atoms with Crippen molar-refractivity contribution in [2.75, 3.05) is 20.3 Å². The van der Waals surface area contributed by atoms with Crippen molar-refractivity contribution in [2.45, 2.75) is 39.7 Å². The van der Waals surface area contributed by atoms with E-state index < -0.39 is 17.9 Å². The molecule has 2 N–H and O–H groups in total. The summed E-state index contributed by atoms with van der Waals surface area (Å²) < 4.78 is 14.0. The van der Waals surface area contributed by atoms with Gasteiger partial charge in [-0.2, -0.15) is 0 Å². The summed E-state index contributed by atoms with van der Waals surface area (Å²) in [6.45, 7) is 15.8. The number of allylic oxidation sites excluding steroid dienone is 1. The highest BCUT2D eigenvalue weighted by Gasteiger charge is 2.24. The first-order valence-electron chi connectivity index (χ1n) is 8.88. The summed E-state index contributed by atoms with van der Waals surface area (Å²) in [4.78, 5) is 41.8. The van der Waals surface area contributed by atoms with E-state index in [0.717, 1.165) is 0 Å². The van der Waals surface area contributed by atoms with Crippen LogP contribution < -0.4 is 0 Å². The quantitative estimate of drug-likeness (QED) is 0.323. The monoisotopic (exact) mass is 426 g/mol. The molecule has 0 aliphatic carbocycles. The largest absolute Gasteiger partial charge is 0.478 e. The Morgan fingerprint density at radius 1 is 1.03 bits per heavy atom. The third kappa shape index (κ3) is 15.8. The average Bonchev–Trinajstić information content (AvgIpc) is 3.53. The van der Waals surface area contributed by atoms with E-state index in [1.807, 2.05) is 0 Å². The molecule has 0 saturated carbocycles. The highest BCUT2D eigenvalue weighted by Crippen LogP contribution is 2.11. The van der Waals surface area contributed by atoms with E-state index in [1.54, 1.807) is 13.8 Å². The van der Waals surface area contributed by atoms with E-state index in [-0.39, 0.29) is 41.8 Å². The summed E-state index contributed by atoms with van der Waals surface area (Å²) >= 11 is 0. The van der Waals surface area contributed by atoms with Crippen molar-refractivity contribution in [1.82, 2.24) is 0 Å². The van der Waals surface area contributed by atoms with Gasteiger partial charge in [0.1, 0.15) is 12.7 Å². The van der Waals surface area contributed by atoms with Gasteiger partial charge in [0.05, 0.1) is 13.7 Å². The van der Waals surface area contributed by atoms with E-state index in [4.69, 9.17) is 19.7 Å². The van der Waals surface area contributed by atoms with Crippen LogP contribution in [0.25, 0.3) is 0 Å². The molecular formula is C21H30O9. The molecule has 0 spiro atoms. The normalized spacial score (nSPS) is 13.9. The molecular weight excluding hydrogens is 396 g/mol. The number of hydrogen-bond donors (Lipinski definition) is 2. The first-order chi connectivity index (χ1) is 13.9. The van der Waals surface area contributed by atoms with Crippen molar-refractivity contribution in [3.8, 4) is 0 Å². The first-order valence-corrected chi connectivity index (χ1v) is 8.88. The maximum atomic E-state index is 11.3. The fourth-order valence-corrected chi connectivity index (χ4v) is 1.21. The Bertz CT molecular complexity index is 671. The Hall–Kier alpha value is -3.20. The number of carbonyl (C=O) groups is 4. The number of aliphatic carboxylic acids is 2. The van der Waals surface area contributed by atoms with Gasteiger partial charge in [0.25, 0.3) is 0 Å². The van der Waals surface area contributed by atoms with Gasteiger partial charge in [-0.15, -0.1) is 0 Å². The van der Waals surface area contributed by atoms with E-state index in [0.29, 0.717) is 18.6 Å². The van der Waals surface area contributed by atoms with Gasteiger partial charge in [0, 0.05) is 22.3 Å². The molecule has 168 valence electrons. The van der Waals surface area contributed by atoms with Gasteiger partial charge in [0.15, 0.2) is 0 Å². The fourth-order valence-electron chi connectivity index (χ4n) is 1.21. The van der Waals surface area contributed by atoms with Crippen molar-refractivity contribution in [2.24, 2.45) is 0 Å². The van der Waals surface area contributed by atoms with Gasteiger partial charge < -0.3 is 24.4 Å². The number of rotatable bonds is 9. The third-order valence-corrected chi connectivity index (χ3v) is 3.35. The number of carboxylic acids is 2. The van der Waals surface area contributed by atoms with Crippen molar-refractivity contribution < 1.29 is 43.6 Å². The van der Waals surface area contributed by atoms with Gasteiger partial charge >= 0.3 is 23.9 Å². The van der Waals surface area contributed by atoms with Crippen molar-refractivity contribution >= 4 is 23.9 Å². The molecule has 1 atom stereocenters. The Morgan fingerprint density at radius 2 is 1.57 bits per heavy atom. The standard InChI is InChI=1S/C11H14O5.2C5H8O2/c1-7(10(12)13)3-4-8(2)11(14)16-6-9-5-15-9;1-4(2)5(6)7-3;1-3-4(2)5(6)7/h3,9H,2,4-6H2,1H3,(H,12,13);1H2,2-3H3;2-3H2,1H3,(H,6,7). The number of hydrogen-bond acceptors (Lipinski definition) is 7. The van der Waals surface area contributed by atoms with E-state index in [1.165, 1.54) is 20.1 Å². The molecule has 0 bridgehead atoms. The Morgan fingerprint density at radius 3 is 1.83 bits per heavy atom. The topological polar surface area (TPSA) is 140 Å². The van der Waals surface area contributed by atoms with Gasteiger partial charge in [-0.1, -0.05) is 32.7 Å². The fraction of sp³-hybridized carbons (Fsp3) is 0.429. The highest BCUT2D eigenvalue weighted by atomic mass is 16.6. The number of ether oxygens (including phenoxy) is 3. The zero-order chi connectivity index (χ0) is 23.9. The molecule has 30 heavy (non-hydrogen) atoms. The van der Waals surface area contributed by atoms with Crippen molar-refractivity contribution in [3.63, 3.8) is 0 Å². The number of carbonyl (C=O) groups excluding carboxylic acids is 2. The smallest absolute Gasteiger partial charge is 0.333 e. The lowest BCUT2D eigenvalue weighted by atomic mass is 10.1. The molecule has 1 heterocycles. The minimum absolute atomic E-state index is 0.0213. The first kappa shape index (κ1) is 29.0. The summed E-state index contributed by atoms with van der Waals surface area (Å²) in [6.07, 6.45) is 2.16. The van der Waals surface area contributed by atoms with Gasteiger partial charge in [0.2, 0.25) is 0 Å². The van der Waals surface area contributed by atoms with Crippen molar-refractivity contribution in [3.05, 3.63) is 48.1 Å². The number of esters is 2. The van der Waals surface area contributed by atoms with Crippen molar-refractivity contribution in [1.29, 1.82) is 0 Å². The molecule has 1 fully saturated rings. The molecule has 1 aliphatic rings. The lowest BCUT2D eigenvalue weighted by molar-refractivity contribution is -0.139. The van der Waals surface area contributed by atoms with Crippen LogP contribution in [0.3, 0.4) is 0 Å². The second-order valence-corrected chi connectivity index (χ2v) is 6.09. The molecule has 0 radical (unpaired) electrons. The molecule has 1 rings (SSSR count). The predicted molar refractivity (Wildman–Crippen MR) is 110 cm³/mol. The highest BCUT2D eigenvalue weighted by molar-refractivity contribution is 5.89. The molecule has 1 aliphatic heterocycles. The minimum Gasteiger partial charge on any atom is -0.478 e. The van der Waals surface area contributed by atoms with Crippen LogP contribution in [-0.2, 0) is 33.4 Å². The van der Waals surface area contributed by atoms with E-state index in [2.05, 4.69) is 24.5 Å². The van der Waals surface area contributed by atoms with Gasteiger partial charge in [-0.3, -0.25) is 0 Å². The predicted octanol–water partition coefficient (Wildman–Crippen LogP) is 2.68. The number of methoxy groups -OCH3 is 1. The molecule has 9 heteroatoms. The second kappa shape index (κ2) is 15.7. The Labute approximate surface area is 176 Å². The molecule has 1 unspecified atom stereocenters. The van der Waals surface area contributed by atoms with Crippen LogP contribution in [0, 0.1) is 0 Å². The van der Waals surface area contributed by atoms with Crippen LogP contribution in [0.1, 0.15) is 33.6 Å². The summed E-state index contributed by atoms with van der Waals surface area (Å²) in [5.41, 5.74) is 1.11. The lowest BCUT2D eigenvalue weighted by Crippen LogP contribution is -2.11. The molecule has 9 nitrogen and oxygen atoms in total. The van der Waals surface area contributed by atoms with Crippen LogP contribution in [0.15, 0.2) is 48.1 Å². The van der Waals surface area contributed by atoms with E-state index >= 15 is 0 Å². The molecule has 1 saturated heterocycles. The lowest BCUT2D eigenvalue weighted by Gasteiger charge is -2.03. The summed E-state index contributed by atoms with van der Waals surface area (Å²) in [7, 11) is 1.33. The van der Waals surface area contributed by atoms with Crippen LogP contribution in [-0.4, -0.2) is 60.5 Å². The van der Waals surface area contributed by atoms with Crippen LogP contribution in [0.2, 0.25) is 0 Å². The maximum Gasteiger partial charge on any atom is 0.333 e. The van der Waals surface area contributed by atoms with Crippen LogP contribution >= 0.6 is 0 Å². The molecule has 0 aromatic heterocycles. The average molecular weight is 426 g/mol. The third-order valence-electron chi connectivity index (χ3n) is 3.35. The maximum absolute atomic E-state index is 11.3. The Balaban J connectivity index is 0. The summed E-state index contributed by atoms with van der Waals surface area (Å²) in [6, 6.07) is 0. The van der Waals surface area contributed by atoms with Gasteiger partial charge in [-0.25, -0.2) is 19.2 Å². The second-order valence-electron chi connectivity index (χ2n) is 6.09. The zero-order valence-corrected chi connectivity index (χ0v) is 17.9. The summed E-state index contributed by atoms with van der Waals surface area (Å²) in [5.74, 6) is -2.76. The molecule has 0 aromatic rings.